The van der Waals surface area contributed by atoms with Crippen LogP contribution in [0.15, 0.2) is 12.7 Å². The van der Waals surface area contributed by atoms with E-state index in [2.05, 4.69) is 17.0 Å². The number of nitrogens with one attached hydrogen (secondary N) is 1. The summed E-state index contributed by atoms with van der Waals surface area (Å²) in [5, 5.41) is 23.9. The molecule has 9 heteroatoms. The van der Waals surface area contributed by atoms with Crippen molar-refractivity contribution in [2.24, 2.45) is 7.05 Å². The summed E-state index contributed by atoms with van der Waals surface area (Å²) in [7, 11) is 1.43. The molecule has 1 heterocycles. The quantitative estimate of drug-likeness (QED) is 0.612. The highest BCUT2D eigenvalue weighted by Gasteiger charge is 2.25. The van der Waals surface area contributed by atoms with Crippen LogP contribution in [0.4, 0.5) is 10.6 Å². The Balaban J connectivity index is 2.99. The van der Waals surface area contributed by atoms with E-state index in [-0.39, 0.29) is 37.1 Å². The zero-order valence-corrected chi connectivity index (χ0v) is 10.8. The minimum atomic E-state index is -1.33. The van der Waals surface area contributed by atoms with Gasteiger partial charge in [-0.3, -0.25) is 5.32 Å². The molecule has 0 saturated heterocycles. The fourth-order valence-corrected chi connectivity index (χ4v) is 1.35. The third-order valence-electron chi connectivity index (χ3n) is 2.11. The first-order valence-corrected chi connectivity index (χ1v) is 5.59. The lowest BCUT2D eigenvalue weighted by atomic mass is 10.3. The summed E-state index contributed by atoms with van der Waals surface area (Å²) in [6, 6.07) is 0. The summed E-state index contributed by atoms with van der Waals surface area (Å²) < 4.78 is 10.8. The van der Waals surface area contributed by atoms with Crippen LogP contribution in [-0.4, -0.2) is 51.9 Å². The van der Waals surface area contributed by atoms with Gasteiger partial charge in [-0.2, -0.15) is 0 Å². The van der Waals surface area contributed by atoms with Gasteiger partial charge in [-0.05, 0) is 0 Å². The van der Waals surface area contributed by atoms with Crippen LogP contribution >= 0.6 is 0 Å². The molecule has 0 bridgehead atoms. The summed E-state index contributed by atoms with van der Waals surface area (Å²) in [5.41, 5.74) is -0.323. The average molecular weight is 285 g/mol. The topological polar surface area (TPSA) is 123 Å². The van der Waals surface area contributed by atoms with Gasteiger partial charge in [0.25, 0.3) is 0 Å². The van der Waals surface area contributed by atoms with Crippen LogP contribution in [0, 0.1) is 0 Å². The molecule has 0 spiro atoms. The molecular formula is C11H15N3O6. The number of carbonyl (C=O) groups excluding carboxylic acids is 1. The molecule has 0 radical (unpaired) electrons. The molecule has 1 aromatic rings. The number of ether oxygens (including phenoxy) is 2. The van der Waals surface area contributed by atoms with Crippen molar-refractivity contribution in [2.75, 3.05) is 25.1 Å². The fourth-order valence-electron chi connectivity index (χ4n) is 1.35. The first-order valence-electron chi connectivity index (χ1n) is 5.59. The van der Waals surface area contributed by atoms with Gasteiger partial charge in [0.1, 0.15) is 13.2 Å². The number of aliphatic hydroxyl groups excluding tert-OH is 1. The highest BCUT2D eigenvalue weighted by molar-refractivity contribution is 5.99. The largest absolute Gasteiger partial charge is 0.477 e. The van der Waals surface area contributed by atoms with Crippen LogP contribution < -0.4 is 10.1 Å². The maximum Gasteiger partial charge on any atom is 0.413 e. The second kappa shape index (κ2) is 7.14. The van der Waals surface area contributed by atoms with Crippen LogP contribution in [0.3, 0.4) is 0 Å². The number of carboxylic acids is 1. The minimum absolute atomic E-state index is 0.0139. The Labute approximate surface area is 114 Å². The van der Waals surface area contributed by atoms with Crippen molar-refractivity contribution in [1.82, 2.24) is 9.78 Å². The number of aromatic carboxylic acids is 1. The smallest absolute Gasteiger partial charge is 0.413 e. The SMILES string of the molecule is C=CCOC(=O)Nc1c(C(=O)O)c(OCCO)nn1C. The van der Waals surface area contributed by atoms with E-state index in [0.29, 0.717) is 0 Å². The zero-order valence-electron chi connectivity index (χ0n) is 10.8. The second-order valence-electron chi connectivity index (χ2n) is 3.54. The summed E-state index contributed by atoms with van der Waals surface area (Å²) in [5.74, 6) is -1.61. The lowest BCUT2D eigenvalue weighted by Crippen LogP contribution is -2.18. The van der Waals surface area contributed by atoms with Gasteiger partial charge in [-0.1, -0.05) is 12.7 Å². The number of nitrogens with zero attached hydrogens (tertiary/aromatic N) is 2. The number of carboxylic acid groups (broad SMARTS) is 1. The second-order valence-corrected chi connectivity index (χ2v) is 3.54. The van der Waals surface area contributed by atoms with E-state index in [9.17, 15) is 9.59 Å². The predicted octanol–water partition coefficient (Wildman–Crippen LogP) is 0.224. The molecule has 0 unspecified atom stereocenters. The van der Waals surface area contributed by atoms with Crippen molar-refractivity contribution in [3.63, 3.8) is 0 Å². The predicted molar refractivity (Wildman–Crippen MR) is 67.9 cm³/mol. The van der Waals surface area contributed by atoms with Crippen LogP contribution in [-0.2, 0) is 11.8 Å². The van der Waals surface area contributed by atoms with Crippen LogP contribution in [0.2, 0.25) is 0 Å². The molecule has 1 amide bonds. The molecule has 3 N–H and O–H groups in total. The van der Waals surface area contributed by atoms with Crippen molar-refractivity contribution >= 4 is 17.9 Å². The fraction of sp³-hybridized carbons (Fsp3) is 0.364. The van der Waals surface area contributed by atoms with Crippen molar-refractivity contribution in [1.29, 1.82) is 0 Å². The molecule has 20 heavy (non-hydrogen) atoms. The van der Waals surface area contributed by atoms with Crippen LogP contribution in [0.1, 0.15) is 10.4 Å². The number of amides is 1. The first-order chi connectivity index (χ1) is 9.51. The van der Waals surface area contributed by atoms with E-state index in [1.807, 2.05) is 0 Å². The van der Waals surface area contributed by atoms with E-state index >= 15 is 0 Å². The molecule has 0 aromatic carbocycles. The first kappa shape index (κ1) is 15.5. The van der Waals surface area contributed by atoms with Gasteiger partial charge >= 0.3 is 12.1 Å². The lowest BCUT2D eigenvalue weighted by molar-refractivity contribution is 0.0692. The normalized spacial score (nSPS) is 9.90. The molecule has 9 nitrogen and oxygen atoms in total. The van der Waals surface area contributed by atoms with E-state index in [1.54, 1.807) is 0 Å². The summed E-state index contributed by atoms with van der Waals surface area (Å²) in [6.45, 7) is 2.96. The molecule has 0 atom stereocenters. The van der Waals surface area contributed by atoms with Gasteiger partial charge in [0.2, 0.25) is 5.88 Å². The number of aliphatic hydroxyl groups is 1. The van der Waals surface area contributed by atoms with E-state index in [4.69, 9.17) is 19.7 Å². The Morgan fingerprint density at radius 3 is 2.80 bits per heavy atom. The molecule has 0 fully saturated rings. The number of carbonyl (C=O) groups is 2. The van der Waals surface area contributed by atoms with Crippen molar-refractivity contribution in [3.8, 4) is 5.88 Å². The zero-order chi connectivity index (χ0) is 15.1. The Kier molecular flexibility index (Phi) is 5.54. The summed E-state index contributed by atoms with van der Waals surface area (Å²) in [4.78, 5) is 22.6. The van der Waals surface area contributed by atoms with Gasteiger partial charge in [-0.25, -0.2) is 14.3 Å². The van der Waals surface area contributed by atoms with E-state index < -0.39 is 12.1 Å². The number of hydrogen-bond acceptors (Lipinski definition) is 6. The number of rotatable bonds is 7. The third kappa shape index (κ3) is 3.72. The summed E-state index contributed by atoms with van der Waals surface area (Å²) in [6.07, 6.45) is 0.528. The molecular weight excluding hydrogens is 270 g/mol. The summed E-state index contributed by atoms with van der Waals surface area (Å²) >= 11 is 0. The Hall–Kier alpha value is -2.55. The highest BCUT2D eigenvalue weighted by Crippen LogP contribution is 2.25. The van der Waals surface area contributed by atoms with Gasteiger partial charge in [0, 0.05) is 7.05 Å². The Bertz CT molecular complexity index is 511. The maximum atomic E-state index is 11.4. The number of aryl methyl sites for hydroxylation is 1. The van der Waals surface area contributed by atoms with Crippen molar-refractivity contribution < 1.29 is 29.3 Å². The van der Waals surface area contributed by atoms with Gasteiger partial charge in [0.15, 0.2) is 11.4 Å². The average Bonchev–Trinajstić information content (AvgIpc) is 2.70. The van der Waals surface area contributed by atoms with Crippen molar-refractivity contribution in [2.45, 2.75) is 0 Å². The minimum Gasteiger partial charge on any atom is -0.477 e. The standard InChI is InChI=1S/C11H15N3O6/c1-3-5-20-11(18)12-8-7(10(16)17)9(13-14(8)2)19-6-4-15/h3,15H,1,4-6H2,2H3,(H,12,18)(H,16,17). The van der Waals surface area contributed by atoms with Crippen LogP contribution in [0.5, 0.6) is 5.88 Å². The van der Waals surface area contributed by atoms with E-state index in [1.165, 1.54) is 13.1 Å². The van der Waals surface area contributed by atoms with E-state index in [0.717, 1.165) is 4.68 Å². The Morgan fingerprint density at radius 1 is 1.55 bits per heavy atom. The molecule has 0 saturated carbocycles. The molecule has 0 aliphatic rings. The molecule has 0 aliphatic heterocycles. The monoisotopic (exact) mass is 285 g/mol. The molecule has 1 aromatic heterocycles. The number of hydrogen-bond donors (Lipinski definition) is 3. The molecule has 110 valence electrons. The highest BCUT2D eigenvalue weighted by atomic mass is 16.5. The lowest BCUT2D eigenvalue weighted by Gasteiger charge is -2.06. The maximum absolute atomic E-state index is 11.4. The Morgan fingerprint density at radius 2 is 2.25 bits per heavy atom. The van der Waals surface area contributed by atoms with Gasteiger partial charge < -0.3 is 19.7 Å². The van der Waals surface area contributed by atoms with Gasteiger partial charge in [0.05, 0.1) is 6.61 Å². The molecule has 0 aliphatic carbocycles. The van der Waals surface area contributed by atoms with Gasteiger partial charge in [-0.15, -0.1) is 5.10 Å². The van der Waals surface area contributed by atoms with Crippen molar-refractivity contribution in [3.05, 3.63) is 18.2 Å². The third-order valence-corrected chi connectivity index (χ3v) is 2.11. The molecule has 1 rings (SSSR count). The number of aromatic nitrogens is 2. The van der Waals surface area contributed by atoms with Crippen LogP contribution in [0.25, 0.3) is 0 Å². The number of anilines is 1.